The molecule has 1 N–H and O–H groups in total. The standard InChI is InChI=1S/C19H6F13N3O2.Zn/c1-4-8(13(36)5-2-6(17(24,25)26)9(20)7(3-5)18(27,28)29)16(37)35(34-4)12-10(21)14(19(30,31)32)33-15(23)11(12)22;/h2-3,37H,1H3;. The summed E-state index contributed by atoms with van der Waals surface area (Å²) in [5, 5.41) is 13.4. The van der Waals surface area contributed by atoms with Crippen LogP contribution in [-0.2, 0) is 38.0 Å². The van der Waals surface area contributed by atoms with Crippen LogP contribution < -0.4 is 0 Å². The number of aromatic nitrogens is 3. The first kappa shape index (κ1) is 31.0. The third kappa shape index (κ3) is 5.33. The molecular formula is C19H6F13N3O2Zn. The molecule has 5 nitrogen and oxygen atoms in total. The predicted octanol–water partition coefficient (Wildman–Crippen LogP) is 6.12. The molecule has 0 unspecified atom stereocenters. The van der Waals surface area contributed by atoms with Gasteiger partial charge in [-0.15, -0.1) is 0 Å². The van der Waals surface area contributed by atoms with E-state index in [1.165, 1.54) is 0 Å². The third-order valence-electron chi connectivity index (χ3n) is 4.70. The number of alkyl halides is 9. The molecule has 0 bridgehead atoms. The fourth-order valence-corrected chi connectivity index (χ4v) is 3.13. The molecule has 3 rings (SSSR count). The summed E-state index contributed by atoms with van der Waals surface area (Å²) < 4.78 is 173. The molecule has 0 atom stereocenters. The molecule has 3 aromatic rings. The second-order valence-electron chi connectivity index (χ2n) is 7.13. The smallest absolute Gasteiger partial charge is 0.436 e. The number of carbonyl (C=O) groups excluding carboxylic acids is 1. The van der Waals surface area contributed by atoms with Crippen molar-refractivity contribution in [1.82, 2.24) is 14.8 Å². The summed E-state index contributed by atoms with van der Waals surface area (Å²) in [5.41, 5.74) is -13.6. The van der Waals surface area contributed by atoms with Gasteiger partial charge in [-0.05, 0) is 19.1 Å². The van der Waals surface area contributed by atoms with Gasteiger partial charge < -0.3 is 5.11 Å². The van der Waals surface area contributed by atoms with E-state index in [-0.39, 0.29) is 31.6 Å². The zero-order valence-electron chi connectivity index (χ0n) is 18.0. The number of aryl methyl sites for hydroxylation is 1. The maximum atomic E-state index is 14.4. The van der Waals surface area contributed by atoms with Gasteiger partial charge in [-0.2, -0.15) is 58.1 Å². The zero-order valence-corrected chi connectivity index (χ0v) is 20.9. The van der Waals surface area contributed by atoms with E-state index in [4.69, 9.17) is 0 Å². The van der Waals surface area contributed by atoms with E-state index in [0.29, 0.717) is 6.92 Å². The minimum absolute atomic E-state index is 0. The van der Waals surface area contributed by atoms with Crippen LogP contribution in [0, 0.1) is 30.3 Å². The van der Waals surface area contributed by atoms with Crippen LogP contribution in [0.15, 0.2) is 12.1 Å². The first-order chi connectivity index (χ1) is 16.7. The summed E-state index contributed by atoms with van der Waals surface area (Å²) in [6.45, 7) is 0.709. The van der Waals surface area contributed by atoms with Gasteiger partial charge in [0.15, 0.2) is 17.3 Å². The van der Waals surface area contributed by atoms with E-state index in [9.17, 15) is 67.0 Å². The van der Waals surface area contributed by atoms with Gasteiger partial charge in [-0.25, -0.2) is 13.8 Å². The van der Waals surface area contributed by atoms with Crippen molar-refractivity contribution in [3.8, 4) is 11.6 Å². The van der Waals surface area contributed by atoms with Crippen LogP contribution in [0.2, 0.25) is 0 Å². The SMILES string of the molecule is Cc1nn(-c2c(F)c(F)nc(C(F)(F)F)c2F)c(O)c1C(=O)c1cc(C(F)(F)F)c(F)c(C(F)(F)F)c1.[Zn]. The molecule has 202 valence electrons. The minimum Gasteiger partial charge on any atom is -0.493 e. The molecule has 0 aliphatic heterocycles. The van der Waals surface area contributed by atoms with Crippen LogP contribution in [-0.4, -0.2) is 25.7 Å². The van der Waals surface area contributed by atoms with Gasteiger partial charge in [-0.3, -0.25) is 4.79 Å². The quantitative estimate of drug-likeness (QED) is 0.166. The van der Waals surface area contributed by atoms with Crippen LogP contribution in [0.5, 0.6) is 5.88 Å². The van der Waals surface area contributed by atoms with Crippen LogP contribution in [0.4, 0.5) is 57.1 Å². The molecule has 0 aliphatic rings. The number of hydrogen-bond acceptors (Lipinski definition) is 4. The number of rotatable bonds is 3. The Hall–Kier alpha value is -3.24. The van der Waals surface area contributed by atoms with Crippen molar-refractivity contribution in [2.24, 2.45) is 0 Å². The fourth-order valence-electron chi connectivity index (χ4n) is 3.13. The molecule has 1 aromatic carbocycles. The molecule has 19 heteroatoms. The summed E-state index contributed by atoms with van der Waals surface area (Å²) in [5.74, 6) is -14.2. The van der Waals surface area contributed by atoms with Crippen LogP contribution in [0.25, 0.3) is 5.69 Å². The number of hydrogen-bond donors (Lipinski definition) is 1. The molecule has 2 aromatic heterocycles. The molecule has 38 heavy (non-hydrogen) atoms. The molecule has 0 radical (unpaired) electrons. The molecular weight excluding hydrogens is 615 g/mol. The van der Waals surface area contributed by atoms with Gasteiger partial charge in [0, 0.05) is 25.0 Å². The zero-order chi connectivity index (χ0) is 28.4. The number of ketones is 1. The summed E-state index contributed by atoms with van der Waals surface area (Å²) in [4.78, 5) is 14.8. The monoisotopic (exact) mass is 619 g/mol. The number of halogens is 13. The van der Waals surface area contributed by atoms with Crippen LogP contribution in [0.1, 0.15) is 38.4 Å². The summed E-state index contributed by atoms with van der Waals surface area (Å²) >= 11 is 0. The maximum absolute atomic E-state index is 14.4. The predicted molar refractivity (Wildman–Crippen MR) is 92.5 cm³/mol. The number of aromatic hydroxyl groups is 1. The number of carbonyl (C=O) groups is 1. The fraction of sp³-hybridized carbons (Fsp3) is 0.211. The van der Waals surface area contributed by atoms with E-state index in [2.05, 4.69) is 10.1 Å². The van der Waals surface area contributed by atoms with E-state index in [1.54, 1.807) is 0 Å². The molecule has 0 aliphatic carbocycles. The Morgan fingerprint density at radius 3 is 1.71 bits per heavy atom. The molecule has 0 saturated carbocycles. The molecule has 0 spiro atoms. The molecule has 0 amide bonds. The van der Waals surface area contributed by atoms with E-state index < -0.39 is 97.6 Å². The van der Waals surface area contributed by atoms with Gasteiger partial charge in [0.2, 0.25) is 11.7 Å². The Kier molecular flexibility index (Phi) is 8.00. The van der Waals surface area contributed by atoms with Gasteiger partial charge >= 0.3 is 18.5 Å². The summed E-state index contributed by atoms with van der Waals surface area (Å²) in [6, 6.07) is -0.726. The Morgan fingerprint density at radius 2 is 1.29 bits per heavy atom. The molecule has 0 fully saturated rings. The van der Waals surface area contributed by atoms with Gasteiger partial charge in [0.1, 0.15) is 17.1 Å². The van der Waals surface area contributed by atoms with Crippen molar-refractivity contribution in [2.75, 3.05) is 0 Å². The van der Waals surface area contributed by atoms with Crippen molar-refractivity contribution in [3.05, 3.63) is 69.2 Å². The van der Waals surface area contributed by atoms with Crippen molar-refractivity contribution >= 4 is 5.78 Å². The van der Waals surface area contributed by atoms with Gasteiger partial charge in [-0.1, -0.05) is 0 Å². The molecule has 2 heterocycles. The summed E-state index contributed by atoms with van der Waals surface area (Å²) in [6.07, 6.45) is -17.2. The largest absolute Gasteiger partial charge is 0.493 e. The average Bonchev–Trinajstić information content (AvgIpc) is 3.01. The van der Waals surface area contributed by atoms with Crippen LogP contribution >= 0.6 is 0 Å². The van der Waals surface area contributed by atoms with Crippen LogP contribution in [0.3, 0.4) is 0 Å². The van der Waals surface area contributed by atoms with Crippen molar-refractivity contribution in [3.63, 3.8) is 0 Å². The Labute approximate surface area is 213 Å². The Morgan fingerprint density at radius 1 is 0.816 bits per heavy atom. The number of benzene rings is 1. The van der Waals surface area contributed by atoms with Crippen molar-refractivity contribution in [1.29, 1.82) is 0 Å². The first-order valence-electron chi connectivity index (χ1n) is 9.11. The number of nitrogens with zero attached hydrogens (tertiary/aromatic N) is 3. The summed E-state index contributed by atoms with van der Waals surface area (Å²) in [7, 11) is 0. The first-order valence-corrected chi connectivity index (χ1v) is 9.11. The average molecular weight is 621 g/mol. The Balaban J connectivity index is 0.00000507. The third-order valence-corrected chi connectivity index (χ3v) is 4.70. The minimum atomic E-state index is -5.75. The number of pyridine rings is 1. The van der Waals surface area contributed by atoms with Gasteiger partial charge in [0.05, 0.1) is 16.8 Å². The Bertz CT molecular complexity index is 1390. The normalized spacial score (nSPS) is 12.5. The molecule has 0 saturated heterocycles. The topological polar surface area (TPSA) is 68.0 Å². The van der Waals surface area contributed by atoms with E-state index >= 15 is 0 Å². The van der Waals surface area contributed by atoms with Gasteiger partial charge in [0.25, 0.3) is 5.95 Å². The van der Waals surface area contributed by atoms with E-state index in [0.717, 1.165) is 0 Å². The van der Waals surface area contributed by atoms with E-state index in [1.807, 2.05) is 0 Å². The second-order valence-corrected chi connectivity index (χ2v) is 7.13. The maximum Gasteiger partial charge on any atom is 0.436 e. The van der Waals surface area contributed by atoms with Crippen molar-refractivity contribution < 1.29 is 86.5 Å². The second kappa shape index (κ2) is 9.82. The van der Waals surface area contributed by atoms with Crippen molar-refractivity contribution in [2.45, 2.75) is 25.5 Å².